The Hall–Kier alpha value is -3.58. The summed E-state index contributed by atoms with van der Waals surface area (Å²) in [6.07, 6.45) is 6.66. The number of carbonyl (C=O) groups excluding carboxylic acids is 1. The first-order chi connectivity index (χ1) is 14.9. The molecule has 0 saturated heterocycles. The van der Waals surface area contributed by atoms with Crippen LogP contribution in [0.1, 0.15) is 27.3 Å². The topological polar surface area (TPSA) is 163 Å². The molecule has 4 rings (SSSR count). The van der Waals surface area contributed by atoms with E-state index in [2.05, 4.69) is 25.5 Å². The number of aromatic amines is 1. The Balaban J connectivity index is 0.000000858. The van der Waals surface area contributed by atoms with E-state index in [1.807, 2.05) is 6.07 Å². The fourth-order valence-corrected chi connectivity index (χ4v) is 4.48. The normalized spacial score (nSPS) is 13.6. The van der Waals surface area contributed by atoms with E-state index >= 15 is 0 Å². The van der Waals surface area contributed by atoms with E-state index in [1.54, 1.807) is 30.1 Å². The molecular formula is C18H21N7O5S. The highest BCUT2D eigenvalue weighted by atomic mass is 32.2. The first-order valence-corrected chi connectivity index (χ1v) is 10.6. The number of sulfonamides is 1. The fourth-order valence-electron chi connectivity index (χ4n) is 3.11. The minimum atomic E-state index is -3.70. The monoisotopic (exact) mass is 447 g/mol. The number of amides is 1. The van der Waals surface area contributed by atoms with Gasteiger partial charge in [0.05, 0.1) is 18.6 Å². The third-order valence-corrected chi connectivity index (χ3v) is 6.31. The zero-order chi connectivity index (χ0) is 22.4. The molecule has 3 aromatic rings. The molecule has 0 bridgehead atoms. The smallest absolute Gasteiger partial charge is 0.290 e. The van der Waals surface area contributed by atoms with E-state index in [0.717, 1.165) is 11.1 Å². The Kier molecular flexibility index (Phi) is 6.77. The minimum absolute atomic E-state index is 0.00685. The Morgan fingerprint density at radius 2 is 2.19 bits per heavy atom. The lowest BCUT2D eigenvalue weighted by atomic mass is 10.1. The number of carbonyl (C=O) groups is 2. The van der Waals surface area contributed by atoms with Crippen LogP contribution in [0.15, 0.2) is 42.1 Å². The summed E-state index contributed by atoms with van der Waals surface area (Å²) in [5.74, 6) is -0.303. The molecule has 0 spiro atoms. The number of fused-ring (bicyclic) bond motifs is 1. The van der Waals surface area contributed by atoms with Crippen LogP contribution in [0.3, 0.4) is 0 Å². The second kappa shape index (κ2) is 9.49. The molecule has 0 aliphatic carbocycles. The van der Waals surface area contributed by atoms with Crippen molar-refractivity contribution in [3.8, 4) is 0 Å². The molecule has 164 valence electrons. The predicted octanol–water partition coefficient (Wildman–Crippen LogP) is -0.0840. The lowest BCUT2D eigenvalue weighted by Gasteiger charge is -2.25. The van der Waals surface area contributed by atoms with Gasteiger partial charge in [0.25, 0.3) is 22.4 Å². The van der Waals surface area contributed by atoms with E-state index < -0.39 is 10.0 Å². The second-order valence-corrected chi connectivity index (χ2v) is 8.53. The van der Waals surface area contributed by atoms with Gasteiger partial charge in [0.2, 0.25) is 0 Å². The van der Waals surface area contributed by atoms with Gasteiger partial charge in [0, 0.05) is 44.3 Å². The number of imidazole rings is 1. The molecule has 1 aliphatic rings. The van der Waals surface area contributed by atoms with Crippen LogP contribution in [0.2, 0.25) is 0 Å². The number of H-pyrrole nitrogens is 1. The van der Waals surface area contributed by atoms with Crippen LogP contribution in [-0.4, -0.2) is 61.5 Å². The van der Waals surface area contributed by atoms with Gasteiger partial charge in [-0.15, -0.1) is 0 Å². The maximum Gasteiger partial charge on any atom is 0.290 e. The summed E-state index contributed by atoms with van der Waals surface area (Å²) in [5.41, 5.74) is 2.55. The van der Waals surface area contributed by atoms with Crippen LogP contribution in [0.5, 0.6) is 0 Å². The van der Waals surface area contributed by atoms with Gasteiger partial charge in [0.1, 0.15) is 0 Å². The first kappa shape index (κ1) is 22.1. The Morgan fingerprint density at radius 3 is 2.84 bits per heavy atom. The van der Waals surface area contributed by atoms with Crippen molar-refractivity contribution in [1.29, 1.82) is 0 Å². The van der Waals surface area contributed by atoms with Crippen molar-refractivity contribution in [1.82, 2.24) is 34.4 Å². The molecule has 0 aromatic carbocycles. The number of carboxylic acid groups (broad SMARTS) is 1. The van der Waals surface area contributed by atoms with Crippen molar-refractivity contribution in [3.05, 3.63) is 59.6 Å². The Bertz CT molecular complexity index is 1160. The summed E-state index contributed by atoms with van der Waals surface area (Å²) >= 11 is 0. The number of hydrogen-bond donors (Lipinski definition) is 3. The van der Waals surface area contributed by atoms with Crippen molar-refractivity contribution >= 4 is 22.4 Å². The average molecular weight is 447 g/mol. The van der Waals surface area contributed by atoms with Crippen molar-refractivity contribution < 1.29 is 23.1 Å². The van der Waals surface area contributed by atoms with Crippen molar-refractivity contribution in [2.45, 2.75) is 24.5 Å². The zero-order valence-corrected chi connectivity index (χ0v) is 17.4. The first-order valence-electron chi connectivity index (χ1n) is 9.16. The SMILES string of the molecule is Cn1cnc(S(=O)(=O)N2CCc3c(C(=O)NCc4cccnc4)n[nH]c3C2)c1.O=CO. The molecule has 1 aliphatic heterocycles. The summed E-state index contributed by atoms with van der Waals surface area (Å²) in [6, 6.07) is 3.67. The van der Waals surface area contributed by atoms with E-state index in [4.69, 9.17) is 9.90 Å². The fraction of sp³-hybridized carbons (Fsp3) is 0.278. The number of hydrogen-bond acceptors (Lipinski definition) is 7. The number of aryl methyl sites for hydroxylation is 1. The lowest BCUT2D eigenvalue weighted by Crippen LogP contribution is -2.36. The van der Waals surface area contributed by atoms with Crippen LogP contribution >= 0.6 is 0 Å². The highest BCUT2D eigenvalue weighted by molar-refractivity contribution is 7.89. The summed E-state index contributed by atoms with van der Waals surface area (Å²) in [4.78, 5) is 28.8. The van der Waals surface area contributed by atoms with Gasteiger partial charge in [-0.25, -0.2) is 13.4 Å². The molecule has 0 radical (unpaired) electrons. The van der Waals surface area contributed by atoms with Crippen LogP contribution in [0, 0.1) is 0 Å². The maximum absolute atomic E-state index is 12.7. The molecule has 3 aromatic heterocycles. The van der Waals surface area contributed by atoms with Gasteiger partial charge >= 0.3 is 0 Å². The van der Waals surface area contributed by atoms with Crippen LogP contribution in [-0.2, 0) is 41.4 Å². The molecular weight excluding hydrogens is 426 g/mol. The summed E-state index contributed by atoms with van der Waals surface area (Å²) in [5, 5.41) is 16.6. The largest absolute Gasteiger partial charge is 0.483 e. The van der Waals surface area contributed by atoms with Gasteiger partial charge in [-0.3, -0.25) is 19.7 Å². The molecule has 12 nitrogen and oxygen atoms in total. The molecule has 4 heterocycles. The van der Waals surface area contributed by atoms with E-state index in [9.17, 15) is 13.2 Å². The third kappa shape index (κ3) is 4.95. The highest BCUT2D eigenvalue weighted by Crippen LogP contribution is 2.25. The average Bonchev–Trinajstić information content (AvgIpc) is 3.39. The van der Waals surface area contributed by atoms with Crippen LogP contribution in [0.25, 0.3) is 0 Å². The van der Waals surface area contributed by atoms with Crippen molar-refractivity contribution in [2.24, 2.45) is 7.05 Å². The van der Waals surface area contributed by atoms with Crippen LogP contribution < -0.4 is 5.32 Å². The van der Waals surface area contributed by atoms with E-state index in [0.29, 0.717) is 24.4 Å². The van der Waals surface area contributed by atoms with Crippen molar-refractivity contribution in [3.63, 3.8) is 0 Å². The molecule has 0 saturated carbocycles. The molecule has 0 unspecified atom stereocenters. The molecule has 0 fully saturated rings. The molecule has 13 heteroatoms. The van der Waals surface area contributed by atoms with Gasteiger partial charge in [0.15, 0.2) is 10.7 Å². The van der Waals surface area contributed by atoms with Crippen LogP contribution in [0.4, 0.5) is 0 Å². The Labute approximate surface area is 178 Å². The number of pyridine rings is 1. The van der Waals surface area contributed by atoms with E-state index in [-0.39, 0.29) is 30.5 Å². The van der Waals surface area contributed by atoms with Gasteiger partial charge < -0.3 is 15.0 Å². The van der Waals surface area contributed by atoms with Gasteiger partial charge in [-0.05, 0) is 18.1 Å². The van der Waals surface area contributed by atoms with Gasteiger partial charge in [-0.1, -0.05) is 6.07 Å². The van der Waals surface area contributed by atoms with Gasteiger partial charge in [-0.2, -0.15) is 9.40 Å². The number of rotatable bonds is 5. The molecule has 0 atom stereocenters. The lowest BCUT2D eigenvalue weighted by molar-refractivity contribution is -0.122. The Morgan fingerprint density at radius 1 is 1.42 bits per heavy atom. The predicted molar refractivity (Wildman–Crippen MR) is 107 cm³/mol. The molecule has 31 heavy (non-hydrogen) atoms. The maximum atomic E-state index is 12.7. The van der Waals surface area contributed by atoms with E-state index in [1.165, 1.54) is 16.8 Å². The molecule has 3 N–H and O–H groups in total. The standard InChI is InChI=1S/C17H19N7O3S.CH2O2/c1-23-10-15(20-11-23)28(26,27)24-6-4-13-14(9-24)21-22-16(13)17(25)19-8-12-3-2-5-18-7-12;2-1-3/h2-3,5,7,10-11H,4,6,8-9H2,1H3,(H,19,25)(H,21,22);1H,(H,2,3). The molecule has 1 amide bonds. The highest BCUT2D eigenvalue weighted by Gasteiger charge is 2.33. The summed E-state index contributed by atoms with van der Waals surface area (Å²) < 4.78 is 28.4. The second-order valence-electron chi connectivity index (χ2n) is 6.64. The number of nitrogens with zero attached hydrogens (tertiary/aromatic N) is 5. The zero-order valence-electron chi connectivity index (χ0n) is 16.6. The number of aromatic nitrogens is 5. The minimum Gasteiger partial charge on any atom is -0.483 e. The third-order valence-electron chi connectivity index (χ3n) is 4.57. The number of nitrogens with one attached hydrogen (secondary N) is 2. The quantitative estimate of drug-likeness (QED) is 0.457. The summed E-state index contributed by atoms with van der Waals surface area (Å²) in [7, 11) is -1.98. The summed E-state index contributed by atoms with van der Waals surface area (Å²) in [6.45, 7) is 0.472. The van der Waals surface area contributed by atoms with Crippen molar-refractivity contribution in [2.75, 3.05) is 6.54 Å².